The fraction of sp³-hybridized carbons (Fsp3) is 0.562. The minimum atomic E-state index is -3.57. The lowest BCUT2D eigenvalue weighted by Crippen LogP contribution is -2.26. The van der Waals surface area contributed by atoms with Crippen LogP contribution >= 0.6 is 0 Å². The van der Waals surface area contributed by atoms with Crippen molar-refractivity contribution in [2.45, 2.75) is 51.0 Å². The number of methoxy groups -OCH3 is 1. The van der Waals surface area contributed by atoms with Crippen LogP contribution in [0.3, 0.4) is 0 Å². The topological polar surface area (TPSA) is 84.5 Å². The van der Waals surface area contributed by atoms with Gasteiger partial charge in [-0.1, -0.05) is 20.8 Å². The van der Waals surface area contributed by atoms with Crippen LogP contribution in [-0.2, 0) is 14.8 Å². The molecule has 1 aliphatic rings. The predicted octanol–water partition coefficient (Wildman–Crippen LogP) is 2.51. The van der Waals surface area contributed by atoms with E-state index < -0.39 is 10.0 Å². The van der Waals surface area contributed by atoms with Crippen molar-refractivity contribution in [3.63, 3.8) is 0 Å². The monoisotopic (exact) mass is 340 g/mol. The zero-order chi connectivity index (χ0) is 17.3. The van der Waals surface area contributed by atoms with Gasteiger partial charge in [-0.15, -0.1) is 0 Å². The van der Waals surface area contributed by atoms with E-state index in [2.05, 4.69) is 10.0 Å². The van der Waals surface area contributed by atoms with Crippen LogP contribution < -0.4 is 14.8 Å². The molecule has 2 rings (SSSR count). The Hall–Kier alpha value is -1.60. The maximum absolute atomic E-state index is 12.3. The van der Waals surface area contributed by atoms with E-state index in [-0.39, 0.29) is 22.3 Å². The Morgan fingerprint density at radius 1 is 1.30 bits per heavy atom. The summed E-state index contributed by atoms with van der Waals surface area (Å²) in [4.78, 5) is 12.2. The molecule has 7 heteroatoms. The molecule has 0 saturated heterocycles. The van der Waals surface area contributed by atoms with Crippen molar-refractivity contribution in [1.82, 2.24) is 4.72 Å². The standard InChI is InChI=1S/C16H24N2O4S/c1-16(2,3)10-15(19)17-13-9-12(7-8-14(13)22-4)23(20,21)18-11-5-6-11/h7-9,11,18H,5-6,10H2,1-4H3,(H,17,19). The Balaban J connectivity index is 2.23. The van der Waals surface area contributed by atoms with Crippen molar-refractivity contribution in [1.29, 1.82) is 0 Å². The van der Waals surface area contributed by atoms with E-state index in [9.17, 15) is 13.2 Å². The molecule has 0 spiro atoms. The summed E-state index contributed by atoms with van der Waals surface area (Å²) in [6, 6.07) is 4.49. The minimum Gasteiger partial charge on any atom is -0.495 e. The van der Waals surface area contributed by atoms with E-state index in [0.717, 1.165) is 12.8 Å². The molecular formula is C16H24N2O4S. The van der Waals surface area contributed by atoms with Gasteiger partial charge in [0, 0.05) is 12.5 Å². The molecular weight excluding hydrogens is 316 g/mol. The van der Waals surface area contributed by atoms with Crippen molar-refractivity contribution in [3.05, 3.63) is 18.2 Å². The summed E-state index contributed by atoms with van der Waals surface area (Å²) in [5.74, 6) is 0.248. The lowest BCUT2D eigenvalue weighted by molar-refractivity contribution is -0.117. The van der Waals surface area contributed by atoms with Gasteiger partial charge in [0.15, 0.2) is 0 Å². The molecule has 1 aromatic rings. The molecule has 1 fully saturated rings. The Morgan fingerprint density at radius 3 is 2.48 bits per heavy atom. The number of amides is 1. The molecule has 23 heavy (non-hydrogen) atoms. The van der Waals surface area contributed by atoms with Gasteiger partial charge in [0.2, 0.25) is 15.9 Å². The summed E-state index contributed by atoms with van der Waals surface area (Å²) in [7, 11) is -2.09. The first-order chi connectivity index (χ1) is 10.6. The molecule has 0 bridgehead atoms. The Labute approximate surface area is 137 Å². The normalized spacial score (nSPS) is 15.3. The fourth-order valence-electron chi connectivity index (χ4n) is 2.12. The van der Waals surface area contributed by atoms with Gasteiger partial charge in [0.1, 0.15) is 5.75 Å². The number of rotatable bonds is 6. The van der Waals surface area contributed by atoms with Crippen LogP contribution in [0, 0.1) is 5.41 Å². The van der Waals surface area contributed by atoms with Gasteiger partial charge in [-0.25, -0.2) is 13.1 Å². The first kappa shape index (κ1) is 17.7. The third-order valence-electron chi connectivity index (χ3n) is 3.35. The lowest BCUT2D eigenvalue weighted by Gasteiger charge is -2.18. The fourth-order valence-corrected chi connectivity index (χ4v) is 3.45. The quantitative estimate of drug-likeness (QED) is 0.833. The SMILES string of the molecule is COc1ccc(S(=O)(=O)NC2CC2)cc1NC(=O)CC(C)(C)C. The predicted molar refractivity (Wildman–Crippen MR) is 89.0 cm³/mol. The smallest absolute Gasteiger partial charge is 0.240 e. The van der Waals surface area contributed by atoms with Crippen LogP contribution in [0.5, 0.6) is 5.75 Å². The molecule has 2 N–H and O–H groups in total. The minimum absolute atomic E-state index is 0.0287. The van der Waals surface area contributed by atoms with Crippen molar-refractivity contribution >= 4 is 21.6 Å². The maximum atomic E-state index is 12.3. The van der Waals surface area contributed by atoms with E-state index in [1.807, 2.05) is 20.8 Å². The third-order valence-corrected chi connectivity index (χ3v) is 4.86. The molecule has 0 unspecified atom stereocenters. The molecule has 0 heterocycles. The van der Waals surface area contributed by atoms with Crippen LogP contribution in [0.25, 0.3) is 0 Å². The van der Waals surface area contributed by atoms with Gasteiger partial charge >= 0.3 is 0 Å². The van der Waals surface area contributed by atoms with Crippen LogP contribution in [0.2, 0.25) is 0 Å². The number of hydrogen-bond donors (Lipinski definition) is 2. The number of carbonyl (C=O) groups excluding carboxylic acids is 1. The zero-order valence-corrected chi connectivity index (χ0v) is 14.8. The molecule has 1 aromatic carbocycles. The van der Waals surface area contributed by atoms with Crippen LogP contribution in [0.1, 0.15) is 40.0 Å². The molecule has 128 valence electrons. The first-order valence-electron chi connectivity index (χ1n) is 7.61. The second-order valence-corrected chi connectivity index (χ2v) is 8.76. The van der Waals surface area contributed by atoms with Gasteiger partial charge in [-0.05, 0) is 36.5 Å². The van der Waals surface area contributed by atoms with Gasteiger partial charge in [-0.3, -0.25) is 4.79 Å². The first-order valence-corrected chi connectivity index (χ1v) is 9.09. The second kappa shape index (κ2) is 6.49. The molecule has 1 aliphatic carbocycles. The molecule has 1 saturated carbocycles. The summed E-state index contributed by atoms with van der Waals surface area (Å²) in [5.41, 5.74) is 0.203. The van der Waals surface area contributed by atoms with Crippen molar-refractivity contribution in [2.75, 3.05) is 12.4 Å². The summed E-state index contributed by atoms with van der Waals surface area (Å²) < 4.78 is 32.4. The number of benzene rings is 1. The number of nitrogens with one attached hydrogen (secondary N) is 2. The second-order valence-electron chi connectivity index (χ2n) is 7.04. The number of ether oxygens (including phenoxy) is 1. The number of sulfonamides is 1. The van der Waals surface area contributed by atoms with Crippen molar-refractivity contribution in [2.24, 2.45) is 5.41 Å². The highest BCUT2D eigenvalue weighted by atomic mass is 32.2. The lowest BCUT2D eigenvalue weighted by atomic mass is 9.92. The summed E-state index contributed by atoms with van der Waals surface area (Å²) in [6.07, 6.45) is 2.06. The molecule has 0 aromatic heterocycles. The Kier molecular flexibility index (Phi) is 5.01. The van der Waals surface area contributed by atoms with Gasteiger partial charge in [0.25, 0.3) is 0 Å². The number of anilines is 1. The van der Waals surface area contributed by atoms with E-state index in [4.69, 9.17) is 4.74 Å². The highest BCUT2D eigenvalue weighted by molar-refractivity contribution is 7.89. The zero-order valence-electron chi connectivity index (χ0n) is 14.0. The molecule has 0 radical (unpaired) electrons. The van der Waals surface area contributed by atoms with E-state index in [0.29, 0.717) is 17.9 Å². The van der Waals surface area contributed by atoms with Crippen LogP contribution in [0.15, 0.2) is 23.1 Å². The highest BCUT2D eigenvalue weighted by Gasteiger charge is 2.28. The summed E-state index contributed by atoms with van der Waals surface area (Å²) in [5, 5.41) is 2.74. The Morgan fingerprint density at radius 2 is 1.96 bits per heavy atom. The van der Waals surface area contributed by atoms with Gasteiger partial charge in [0.05, 0.1) is 17.7 Å². The Bertz CT molecular complexity index is 689. The molecule has 0 atom stereocenters. The van der Waals surface area contributed by atoms with Crippen LogP contribution in [-0.4, -0.2) is 27.5 Å². The highest BCUT2D eigenvalue weighted by Crippen LogP contribution is 2.30. The van der Waals surface area contributed by atoms with E-state index in [1.165, 1.54) is 19.2 Å². The third kappa shape index (κ3) is 5.21. The molecule has 0 aliphatic heterocycles. The van der Waals surface area contributed by atoms with Gasteiger partial charge < -0.3 is 10.1 Å². The van der Waals surface area contributed by atoms with E-state index in [1.54, 1.807) is 6.07 Å². The molecule has 1 amide bonds. The van der Waals surface area contributed by atoms with Gasteiger partial charge in [-0.2, -0.15) is 0 Å². The average Bonchev–Trinajstić information content (AvgIpc) is 3.19. The molecule has 6 nitrogen and oxygen atoms in total. The van der Waals surface area contributed by atoms with Crippen molar-refractivity contribution < 1.29 is 17.9 Å². The summed E-state index contributed by atoms with van der Waals surface area (Å²) in [6.45, 7) is 5.89. The maximum Gasteiger partial charge on any atom is 0.240 e. The van der Waals surface area contributed by atoms with Crippen LogP contribution in [0.4, 0.5) is 5.69 Å². The average molecular weight is 340 g/mol. The van der Waals surface area contributed by atoms with E-state index >= 15 is 0 Å². The number of carbonyl (C=O) groups is 1. The summed E-state index contributed by atoms with van der Waals surface area (Å²) >= 11 is 0. The largest absolute Gasteiger partial charge is 0.495 e. The van der Waals surface area contributed by atoms with Crippen molar-refractivity contribution in [3.8, 4) is 5.75 Å². The number of hydrogen-bond acceptors (Lipinski definition) is 4.